The van der Waals surface area contributed by atoms with Crippen LogP contribution in [0.4, 0.5) is 0 Å². The van der Waals surface area contributed by atoms with E-state index in [-0.39, 0.29) is 12.4 Å². The van der Waals surface area contributed by atoms with Crippen LogP contribution in [0.2, 0.25) is 0 Å². The quantitative estimate of drug-likeness (QED) is 0.559. The van der Waals surface area contributed by atoms with Crippen molar-refractivity contribution in [2.75, 3.05) is 0 Å². The van der Waals surface area contributed by atoms with E-state index in [1.807, 2.05) is 30.3 Å². The van der Waals surface area contributed by atoms with Gasteiger partial charge in [0.1, 0.15) is 12.4 Å². The van der Waals surface area contributed by atoms with E-state index in [1.165, 1.54) is 6.92 Å². The van der Waals surface area contributed by atoms with Crippen LogP contribution in [0.3, 0.4) is 0 Å². The van der Waals surface area contributed by atoms with Gasteiger partial charge in [-0.25, -0.2) is 4.79 Å². The lowest BCUT2D eigenvalue weighted by Crippen LogP contribution is -2.08. The first kappa shape index (κ1) is 13.2. The van der Waals surface area contributed by atoms with Crippen molar-refractivity contribution in [3.63, 3.8) is 0 Å². The number of carbonyl (C=O) groups is 2. The molecule has 0 saturated carbocycles. The first-order valence-corrected chi connectivity index (χ1v) is 5.48. The smallest absolute Gasteiger partial charge is 0.333 e. The van der Waals surface area contributed by atoms with Gasteiger partial charge in [-0.1, -0.05) is 36.9 Å². The molecule has 0 bridgehead atoms. The number of ketones is 1. The number of benzene rings is 1. The molecule has 0 heterocycles. The molecule has 0 amide bonds. The van der Waals surface area contributed by atoms with E-state index in [1.54, 1.807) is 0 Å². The molecule has 1 aromatic carbocycles. The summed E-state index contributed by atoms with van der Waals surface area (Å²) in [5, 5.41) is 0. The second kappa shape index (κ2) is 6.63. The molecule has 0 aromatic heterocycles. The number of esters is 1. The maximum atomic E-state index is 11.5. The fourth-order valence-corrected chi connectivity index (χ4v) is 1.25. The summed E-state index contributed by atoms with van der Waals surface area (Å²) in [4.78, 5) is 22.3. The van der Waals surface area contributed by atoms with E-state index >= 15 is 0 Å². The van der Waals surface area contributed by atoms with E-state index in [0.717, 1.165) is 5.56 Å². The summed E-state index contributed by atoms with van der Waals surface area (Å²) < 4.78 is 5.07. The first-order valence-electron chi connectivity index (χ1n) is 5.48. The van der Waals surface area contributed by atoms with Gasteiger partial charge >= 0.3 is 5.97 Å². The van der Waals surface area contributed by atoms with Crippen molar-refractivity contribution in [1.29, 1.82) is 0 Å². The van der Waals surface area contributed by atoms with Crippen LogP contribution in [0.5, 0.6) is 0 Å². The minimum Gasteiger partial charge on any atom is -0.457 e. The van der Waals surface area contributed by atoms with Gasteiger partial charge < -0.3 is 9.53 Å². The Balaban J connectivity index is 2.34. The predicted octanol–water partition coefficient (Wildman–Crippen LogP) is 2.66. The molecule has 1 aromatic rings. The average molecular weight is 232 g/mol. The van der Waals surface area contributed by atoms with Gasteiger partial charge in [0.05, 0.1) is 0 Å². The van der Waals surface area contributed by atoms with Crippen LogP contribution in [0.1, 0.15) is 25.3 Å². The normalized spacial score (nSPS) is 9.71. The molecule has 0 atom stereocenters. The van der Waals surface area contributed by atoms with Crippen LogP contribution in [0.25, 0.3) is 0 Å². The number of ether oxygens (including phenoxy) is 1. The maximum absolute atomic E-state index is 11.5. The molecule has 1 rings (SSSR count). The molecular formula is C14H16O3. The summed E-state index contributed by atoms with van der Waals surface area (Å²) >= 11 is 0. The highest BCUT2D eigenvalue weighted by atomic mass is 16.5. The van der Waals surface area contributed by atoms with Crippen molar-refractivity contribution in [2.24, 2.45) is 0 Å². The van der Waals surface area contributed by atoms with Gasteiger partial charge in [0.2, 0.25) is 0 Å². The first-order chi connectivity index (χ1) is 8.09. The second-order valence-corrected chi connectivity index (χ2v) is 3.87. The Labute approximate surface area is 101 Å². The number of hydrogen-bond acceptors (Lipinski definition) is 3. The monoisotopic (exact) mass is 232 g/mol. The third kappa shape index (κ3) is 5.11. The van der Waals surface area contributed by atoms with Crippen molar-refractivity contribution in [1.82, 2.24) is 0 Å². The second-order valence-electron chi connectivity index (χ2n) is 3.87. The molecule has 0 aliphatic heterocycles. The summed E-state index contributed by atoms with van der Waals surface area (Å²) in [5.41, 5.74) is 1.27. The van der Waals surface area contributed by atoms with E-state index in [2.05, 4.69) is 6.58 Å². The molecule has 0 unspecified atom stereocenters. The van der Waals surface area contributed by atoms with Crippen LogP contribution in [-0.4, -0.2) is 11.8 Å². The summed E-state index contributed by atoms with van der Waals surface area (Å²) in [7, 11) is 0. The van der Waals surface area contributed by atoms with Gasteiger partial charge in [-0.15, -0.1) is 0 Å². The Morgan fingerprint density at radius 2 is 1.82 bits per heavy atom. The van der Waals surface area contributed by atoms with Crippen molar-refractivity contribution >= 4 is 11.8 Å². The Morgan fingerprint density at radius 3 is 2.41 bits per heavy atom. The van der Waals surface area contributed by atoms with Gasteiger partial charge in [0.15, 0.2) is 0 Å². The van der Waals surface area contributed by atoms with Gasteiger partial charge in [0, 0.05) is 12.0 Å². The van der Waals surface area contributed by atoms with Crippen LogP contribution in [-0.2, 0) is 20.9 Å². The minimum absolute atomic E-state index is 0.0435. The molecule has 0 spiro atoms. The zero-order valence-corrected chi connectivity index (χ0v) is 9.94. The molecule has 0 N–H and O–H groups in total. The van der Waals surface area contributed by atoms with Crippen LogP contribution >= 0.6 is 0 Å². The highest BCUT2D eigenvalue weighted by Crippen LogP contribution is 2.08. The molecular weight excluding hydrogens is 216 g/mol. The molecule has 0 saturated heterocycles. The Hall–Kier alpha value is -1.90. The van der Waals surface area contributed by atoms with Gasteiger partial charge in [-0.3, -0.25) is 0 Å². The third-order valence-electron chi connectivity index (χ3n) is 2.28. The van der Waals surface area contributed by atoms with Crippen molar-refractivity contribution in [3.8, 4) is 0 Å². The van der Waals surface area contributed by atoms with Crippen LogP contribution in [0.15, 0.2) is 42.5 Å². The lowest BCUT2D eigenvalue weighted by Gasteiger charge is -2.06. The Bertz CT molecular complexity index is 407. The Morgan fingerprint density at radius 1 is 1.18 bits per heavy atom. The van der Waals surface area contributed by atoms with Crippen molar-refractivity contribution < 1.29 is 14.3 Å². The summed E-state index contributed by atoms with van der Waals surface area (Å²) in [6.45, 7) is 5.34. The highest BCUT2D eigenvalue weighted by molar-refractivity contribution is 5.88. The van der Waals surface area contributed by atoms with Gasteiger partial charge in [0.25, 0.3) is 0 Å². The number of rotatable bonds is 6. The van der Waals surface area contributed by atoms with Gasteiger partial charge in [-0.2, -0.15) is 0 Å². The van der Waals surface area contributed by atoms with Crippen molar-refractivity contribution in [3.05, 3.63) is 48.0 Å². The Kier molecular flexibility index (Phi) is 5.14. The van der Waals surface area contributed by atoms with Gasteiger partial charge in [-0.05, 0) is 18.9 Å². The van der Waals surface area contributed by atoms with E-state index in [9.17, 15) is 9.59 Å². The average Bonchev–Trinajstić information content (AvgIpc) is 2.34. The number of Topliss-reactive ketones (excluding diaryl/α,β-unsaturated/α-hetero) is 1. The number of carbonyl (C=O) groups excluding carboxylic acids is 2. The zero-order valence-electron chi connectivity index (χ0n) is 9.94. The van der Waals surface area contributed by atoms with Crippen LogP contribution in [0, 0.1) is 0 Å². The summed E-state index contributed by atoms with van der Waals surface area (Å²) in [5.74, 6) is -0.392. The summed E-state index contributed by atoms with van der Waals surface area (Å²) in [6.07, 6.45) is 0.697. The fourth-order valence-electron chi connectivity index (χ4n) is 1.25. The molecule has 0 aliphatic carbocycles. The minimum atomic E-state index is -0.435. The SMILES string of the molecule is C=C(CCC(C)=O)C(=O)OCc1ccccc1. The largest absolute Gasteiger partial charge is 0.457 e. The predicted molar refractivity (Wildman–Crippen MR) is 65.3 cm³/mol. The molecule has 17 heavy (non-hydrogen) atoms. The molecule has 0 radical (unpaired) electrons. The zero-order chi connectivity index (χ0) is 12.7. The molecule has 3 nitrogen and oxygen atoms in total. The fraction of sp³-hybridized carbons (Fsp3) is 0.286. The molecule has 3 heteroatoms. The topological polar surface area (TPSA) is 43.4 Å². The highest BCUT2D eigenvalue weighted by Gasteiger charge is 2.09. The van der Waals surface area contributed by atoms with Crippen molar-refractivity contribution in [2.45, 2.75) is 26.4 Å². The van der Waals surface area contributed by atoms with Crippen LogP contribution < -0.4 is 0 Å². The third-order valence-corrected chi connectivity index (χ3v) is 2.28. The summed E-state index contributed by atoms with van der Waals surface area (Å²) in [6, 6.07) is 9.43. The maximum Gasteiger partial charge on any atom is 0.333 e. The lowest BCUT2D eigenvalue weighted by molar-refractivity contribution is -0.140. The molecule has 0 fully saturated rings. The van der Waals surface area contributed by atoms with E-state index in [4.69, 9.17) is 4.74 Å². The number of hydrogen-bond donors (Lipinski definition) is 0. The van der Waals surface area contributed by atoms with E-state index < -0.39 is 5.97 Å². The lowest BCUT2D eigenvalue weighted by atomic mass is 10.1. The molecule has 0 aliphatic rings. The van der Waals surface area contributed by atoms with E-state index in [0.29, 0.717) is 18.4 Å². The molecule has 90 valence electrons. The standard InChI is InChI=1S/C14H16O3/c1-11(8-9-12(2)15)14(16)17-10-13-6-4-3-5-7-13/h3-7H,1,8-10H2,2H3.